The minimum Gasteiger partial charge on any atom is -0.480 e. The zero-order chi connectivity index (χ0) is 12.3. The van der Waals surface area contributed by atoms with Crippen molar-refractivity contribution in [2.45, 2.75) is 13.0 Å². The third-order valence-corrected chi connectivity index (χ3v) is 2.23. The molecule has 0 fully saturated rings. The largest absolute Gasteiger partial charge is 0.480 e. The Morgan fingerprint density at radius 2 is 2.25 bits per heavy atom. The molecule has 1 aromatic carbocycles. The van der Waals surface area contributed by atoms with Gasteiger partial charge in [0.05, 0.1) is 15.6 Å². The molecule has 0 spiro atoms. The first-order chi connectivity index (χ1) is 7.41. The fourth-order valence-electron chi connectivity index (χ4n) is 1.03. The smallest absolute Gasteiger partial charge is 0.325 e. The van der Waals surface area contributed by atoms with Crippen molar-refractivity contribution in [1.29, 1.82) is 0 Å². The minimum atomic E-state index is -1.07. The second-order valence-electron chi connectivity index (χ2n) is 3.13. The van der Waals surface area contributed by atoms with E-state index in [1.165, 1.54) is 25.1 Å². The van der Waals surface area contributed by atoms with Gasteiger partial charge in [-0.2, -0.15) is 0 Å². The van der Waals surface area contributed by atoms with Crippen molar-refractivity contribution in [1.82, 2.24) is 0 Å². The Balaban J connectivity index is 2.98. The number of carboxylic acid groups (broad SMARTS) is 1. The lowest BCUT2D eigenvalue weighted by atomic mass is 10.2. The van der Waals surface area contributed by atoms with Gasteiger partial charge >= 0.3 is 5.97 Å². The van der Waals surface area contributed by atoms with E-state index in [1.807, 2.05) is 0 Å². The van der Waals surface area contributed by atoms with Crippen LogP contribution in [0.15, 0.2) is 18.2 Å². The van der Waals surface area contributed by atoms with Crippen LogP contribution in [0.2, 0.25) is 5.02 Å². The number of nitro groups is 1. The Morgan fingerprint density at radius 3 is 2.75 bits per heavy atom. The lowest BCUT2D eigenvalue weighted by Gasteiger charge is -2.11. The summed E-state index contributed by atoms with van der Waals surface area (Å²) >= 11 is 5.77. The van der Waals surface area contributed by atoms with E-state index in [-0.39, 0.29) is 16.4 Å². The van der Waals surface area contributed by atoms with Crippen LogP contribution in [0.25, 0.3) is 0 Å². The normalized spacial score (nSPS) is 11.9. The zero-order valence-corrected chi connectivity index (χ0v) is 9.06. The Hall–Kier alpha value is -1.82. The van der Waals surface area contributed by atoms with Gasteiger partial charge in [0.15, 0.2) is 0 Å². The van der Waals surface area contributed by atoms with Crippen LogP contribution in [-0.2, 0) is 4.79 Å². The van der Waals surface area contributed by atoms with Crippen molar-refractivity contribution < 1.29 is 14.8 Å². The molecule has 0 aliphatic rings. The first-order valence-electron chi connectivity index (χ1n) is 4.35. The number of anilines is 1. The van der Waals surface area contributed by atoms with Gasteiger partial charge in [-0.05, 0) is 13.0 Å². The first kappa shape index (κ1) is 12.3. The molecule has 0 radical (unpaired) electrons. The lowest BCUT2D eigenvalue weighted by Crippen LogP contribution is -2.25. The highest BCUT2D eigenvalue weighted by molar-refractivity contribution is 6.33. The number of hydrogen-bond donors (Lipinski definition) is 2. The van der Waals surface area contributed by atoms with Crippen LogP contribution in [0.3, 0.4) is 0 Å². The highest BCUT2D eigenvalue weighted by atomic mass is 35.5. The maximum Gasteiger partial charge on any atom is 0.325 e. The molecule has 2 N–H and O–H groups in total. The van der Waals surface area contributed by atoms with Crippen LogP contribution in [0, 0.1) is 10.1 Å². The molecule has 7 heteroatoms. The highest BCUT2D eigenvalue weighted by Crippen LogP contribution is 2.27. The number of halogens is 1. The van der Waals surface area contributed by atoms with Gasteiger partial charge in [-0.25, -0.2) is 0 Å². The number of aliphatic carboxylic acids is 1. The SMILES string of the molecule is CC(Nc1cc([N+](=O)[O-])ccc1Cl)C(=O)O. The van der Waals surface area contributed by atoms with Crippen LogP contribution >= 0.6 is 11.6 Å². The molecular formula is C9H9ClN2O4. The van der Waals surface area contributed by atoms with Gasteiger partial charge < -0.3 is 10.4 Å². The molecule has 0 saturated carbocycles. The highest BCUT2D eigenvalue weighted by Gasteiger charge is 2.15. The third kappa shape index (κ3) is 2.83. The predicted molar refractivity (Wildman–Crippen MR) is 58.8 cm³/mol. The Kier molecular flexibility index (Phi) is 3.68. The van der Waals surface area contributed by atoms with Crippen LogP contribution in [0.1, 0.15) is 6.92 Å². The molecule has 0 aliphatic heterocycles. The van der Waals surface area contributed by atoms with E-state index in [9.17, 15) is 14.9 Å². The molecule has 0 aliphatic carbocycles. The quantitative estimate of drug-likeness (QED) is 0.625. The Morgan fingerprint density at radius 1 is 1.62 bits per heavy atom. The molecule has 6 nitrogen and oxygen atoms in total. The van der Waals surface area contributed by atoms with Gasteiger partial charge in [-0.1, -0.05) is 11.6 Å². The number of hydrogen-bond acceptors (Lipinski definition) is 4. The third-order valence-electron chi connectivity index (χ3n) is 1.90. The molecule has 1 atom stereocenters. The summed E-state index contributed by atoms with van der Waals surface area (Å²) in [6.45, 7) is 1.41. The van der Waals surface area contributed by atoms with Gasteiger partial charge in [0, 0.05) is 12.1 Å². The van der Waals surface area contributed by atoms with Crippen molar-refractivity contribution in [2.75, 3.05) is 5.32 Å². The van der Waals surface area contributed by atoms with Crippen molar-refractivity contribution in [2.24, 2.45) is 0 Å². The van der Waals surface area contributed by atoms with Gasteiger partial charge in [0.2, 0.25) is 0 Å². The van der Waals surface area contributed by atoms with Crippen molar-refractivity contribution in [3.63, 3.8) is 0 Å². The molecule has 0 saturated heterocycles. The average Bonchev–Trinajstić information content (AvgIpc) is 2.20. The lowest BCUT2D eigenvalue weighted by molar-refractivity contribution is -0.384. The number of carbonyl (C=O) groups is 1. The van der Waals surface area contributed by atoms with Gasteiger partial charge in [-0.15, -0.1) is 0 Å². The van der Waals surface area contributed by atoms with E-state index < -0.39 is 16.9 Å². The van der Waals surface area contributed by atoms with Crippen LogP contribution in [0.4, 0.5) is 11.4 Å². The fraction of sp³-hybridized carbons (Fsp3) is 0.222. The molecule has 1 aromatic rings. The van der Waals surface area contributed by atoms with Crippen molar-refractivity contribution in [3.8, 4) is 0 Å². The van der Waals surface area contributed by atoms with Gasteiger partial charge in [0.25, 0.3) is 5.69 Å². The number of nitrogens with zero attached hydrogens (tertiary/aromatic N) is 1. The molecule has 1 rings (SSSR count). The van der Waals surface area contributed by atoms with Crippen LogP contribution < -0.4 is 5.32 Å². The fourth-order valence-corrected chi connectivity index (χ4v) is 1.20. The summed E-state index contributed by atoms with van der Waals surface area (Å²) < 4.78 is 0. The van der Waals surface area contributed by atoms with E-state index >= 15 is 0 Å². The van der Waals surface area contributed by atoms with Crippen LogP contribution in [0.5, 0.6) is 0 Å². The standard InChI is InChI=1S/C9H9ClN2O4/c1-5(9(13)14)11-8-4-6(12(15)16)2-3-7(8)10/h2-5,11H,1H3,(H,13,14). The van der Waals surface area contributed by atoms with Crippen LogP contribution in [-0.4, -0.2) is 22.0 Å². The number of non-ortho nitro benzene ring substituents is 1. The summed E-state index contributed by atoms with van der Waals surface area (Å²) in [5, 5.41) is 22.0. The van der Waals surface area contributed by atoms with Crippen molar-refractivity contribution >= 4 is 28.9 Å². The predicted octanol–water partition coefficient (Wildman–Crippen LogP) is 2.13. The second kappa shape index (κ2) is 4.80. The molecule has 0 aromatic heterocycles. The molecule has 0 amide bonds. The van der Waals surface area contributed by atoms with Gasteiger partial charge in [-0.3, -0.25) is 14.9 Å². The van der Waals surface area contributed by atoms with E-state index in [1.54, 1.807) is 0 Å². The molecule has 0 heterocycles. The van der Waals surface area contributed by atoms with E-state index in [4.69, 9.17) is 16.7 Å². The van der Waals surface area contributed by atoms with Gasteiger partial charge in [0.1, 0.15) is 6.04 Å². The van der Waals surface area contributed by atoms with E-state index in [0.29, 0.717) is 0 Å². The number of nitrogens with one attached hydrogen (secondary N) is 1. The second-order valence-corrected chi connectivity index (χ2v) is 3.53. The summed E-state index contributed by atoms with van der Waals surface area (Å²) in [5.74, 6) is -1.07. The average molecular weight is 245 g/mol. The molecule has 16 heavy (non-hydrogen) atoms. The first-order valence-corrected chi connectivity index (χ1v) is 4.73. The number of nitro benzene ring substituents is 1. The van der Waals surface area contributed by atoms with E-state index in [2.05, 4.69) is 5.32 Å². The summed E-state index contributed by atoms with van der Waals surface area (Å²) in [5.41, 5.74) is 0.0789. The zero-order valence-electron chi connectivity index (χ0n) is 8.31. The number of rotatable bonds is 4. The van der Waals surface area contributed by atoms with Crippen molar-refractivity contribution in [3.05, 3.63) is 33.3 Å². The number of carboxylic acids is 1. The monoisotopic (exact) mass is 244 g/mol. The van der Waals surface area contributed by atoms with E-state index in [0.717, 1.165) is 0 Å². The molecule has 86 valence electrons. The molecular weight excluding hydrogens is 236 g/mol. The summed E-state index contributed by atoms with van der Waals surface area (Å²) in [6.07, 6.45) is 0. The minimum absolute atomic E-state index is 0.149. The summed E-state index contributed by atoms with van der Waals surface area (Å²) in [7, 11) is 0. The Bertz CT molecular complexity index is 436. The maximum atomic E-state index is 10.6. The molecule has 0 bridgehead atoms. The summed E-state index contributed by atoms with van der Waals surface area (Å²) in [4.78, 5) is 20.5. The number of benzene rings is 1. The Labute approximate surface area is 96.0 Å². The summed E-state index contributed by atoms with van der Waals surface area (Å²) in [6, 6.07) is 2.91. The molecule has 1 unspecified atom stereocenters. The maximum absolute atomic E-state index is 10.6. The topological polar surface area (TPSA) is 92.5 Å².